The number of halogens is 4. The van der Waals surface area contributed by atoms with Crippen molar-refractivity contribution in [1.29, 1.82) is 0 Å². The van der Waals surface area contributed by atoms with Gasteiger partial charge < -0.3 is 5.73 Å². The van der Waals surface area contributed by atoms with Crippen LogP contribution in [0.5, 0.6) is 0 Å². The lowest BCUT2D eigenvalue weighted by molar-refractivity contribution is 0.0862. The Kier molecular flexibility index (Phi) is 5.37. The van der Waals surface area contributed by atoms with Gasteiger partial charge >= 0.3 is 0 Å². The summed E-state index contributed by atoms with van der Waals surface area (Å²) in [6.45, 7) is 0.203. The smallest absolute Gasteiger partial charge is 0.251 e. The van der Waals surface area contributed by atoms with E-state index >= 15 is 0 Å². The molecule has 2 N–H and O–H groups in total. The van der Waals surface area contributed by atoms with E-state index in [1.54, 1.807) is 0 Å². The lowest BCUT2D eigenvalue weighted by Crippen LogP contribution is -2.33. The van der Waals surface area contributed by atoms with Gasteiger partial charge in [0, 0.05) is 19.6 Å². The van der Waals surface area contributed by atoms with Crippen molar-refractivity contribution in [2.45, 2.75) is 13.0 Å². The molecule has 0 amide bonds. The Bertz CT molecular complexity index is 357. The van der Waals surface area contributed by atoms with E-state index in [4.69, 9.17) is 5.73 Å². The van der Waals surface area contributed by atoms with Crippen LogP contribution >= 0.6 is 0 Å². The van der Waals surface area contributed by atoms with Crippen LogP contribution in [0.25, 0.3) is 0 Å². The molecule has 1 aromatic rings. The predicted molar refractivity (Wildman–Crippen MR) is 56.7 cm³/mol. The van der Waals surface area contributed by atoms with Crippen LogP contribution in [0, 0.1) is 11.6 Å². The highest BCUT2D eigenvalue weighted by atomic mass is 19.3. The van der Waals surface area contributed by atoms with E-state index in [1.165, 1.54) is 11.0 Å². The van der Waals surface area contributed by atoms with Crippen molar-refractivity contribution in [2.24, 2.45) is 5.73 Å². The molecule has 0 aliphatic heterocycles. The Morgan fingerprint density at radius 2 is 1.88 bits per heavy atom. The van der Waals surface area contributed by atoms with Gasteiger partial charge in [0.25, 0.3) is 6.43 Å². The fourth-order valence-electron chi connectivity index (χ4n) is 1.51. The van der Waals surface area contributed by atoms with Gasteiger partial charge in [-0.2, -0.15) is 0 Å². The van der Waals surface area contributed by atoms with Crippen LogP contribution in [0.2, 0.25) is 0 Å². The molecule has 17 heavy (non-hydrogen) atoms. The maximum atomic E-state index is 12.9. The first-order valence-electron chi connectivity index (χ1n) is 5.17. The van der Waals surface area contributed by atoms with Gasteiger partial charge in [-0.05, 0) is 17.7 Å². The molecule has 0 bridgehead atoms. The number of hydrogen-bond acceptors (Lipinski definition) is 2. The van der Waals surface area contributed by atoms with Crippen molar-refractivity contribution in [3.63, 3.8) is 0 Å². The first-order chi connectivity index (χ1) is 8.02. The van der Waals surface area contributed by atoms with E-state index in [1.807, 2.05) is 0 Å². The van der Waals surface area contributed by atoms with E-state index in [-0.39, 0.29) is 19.6 Å². The molecule has 0 heterocycles. The van der Waals surface area contributed by atoms with Crippen LogP contribution in [0.4, 0.5) is 17.6 Å². The van der Waals surface area contributed by atoms with Crippen molar-refractivity contribution in [3.05, 3.63) is 35.4 Å². The maximum Gasteiger partial charge on any atom is 0.251 e. The van der Waals surface area contributed by atoms with Crippen molar-refractivity contribution in [1.82, 2.24) is 4.90 Å². The second-order valence-corrected chi connectivity index (χ2v) is 3.66. The fraction of sp³-hybridized carbons (Fsp3) is 0.455. The summed E-state index contributed by atoms with van der Waals surface area (Å²) < 4.78 is 50.1. The Balaban J connectivity index is 2.67. The molecule has 6 heteroatoms. The summed E-state index contributed by atoms with van der Waals surface area (Å²) in [6.07, 6.45) is -2.48. The molecule has 96 valence electrons. The van der Waals surface area contributed by atoms with Crippen molar-refractivity contribution >= 4 is 0 Å². The summed E-state index contributed by atoms with van der Waals surface area (Å²) in [7, 11) is 0. The summed E-state index contributed by atoms with van der Waals surface area (Å²) >= 11 is 0. The van der Waals surface area contributed by atoms with E-state index in [0.717, 1.165) is 12.1 Å². The molecular formula is C11H14F4N2. The molecule has 0 spiro atoms. The topological polar surface area (TPSA) is 29.3 Å². The number of benzene rings is 1. The van der Waals surface area contributed by atoms with Crippen LogP contribution in [0.15, 0.2) is 18.2 Å². The summed E-state index contributed by atoms with van der Waals surface area (Å²) in [5.74, 6) is -1.93. The molecule has 1 aromatic carbocycles. The summed E-state index contributed by atoms with van der Waals surface area (Å²) in [5.41, 5.74) is 5.73. The zero-order valence-corrected chi connectivity index (χ0v) is 9.17. The predicted octanol–water partition coefficient (Wildman–Crippen LogP) is 1.99. The third kappa shape index (κ3) is 4.70. The van der Waals surface area contributed by atoms with Crippen LogP contribution in [0.3, 0.4) is 0 Å². The normalized spacial score (nSPS) is 11.5. The molecule has 0 aliphatic carbocycles. The summed E-state index contributed by atoms with van der Waals surface area (Å²) in [4.78, 5) is 1.40. The molecular weight excluding hydrogens is 236 g/mol. The highest BCUT2D eigenvalue weighted by molar-refractivity contribution is 5.17. The zero-order valence-electron chi connectivity index (χ0n) is 9.17. The number of nitrogens with zero attached hydrogens (tertiary/aromatic N) is 1. The molecule has 1 rings (SSSR count). The Hall–Kier alpha value is -1.14. The van der Waals surface area contributed by atoms with Gasteiger partial charge in [0.15, 0.2) is 11.6 Å². The Morgan fingerprint density at radius 1 is 1.18 bits per heavy atom. The molecule has 0 fully saturated rings. The minimum atomic E-state index is -2.48. The molecule has 0 saturated carbocycles. The number of hydrogen-bond donors (Lipinski definition) is 1. The molecule has 0 saturated heterocycles. The third-order valence-corrected chi connectivity index (χ3v) is 2.23. The molecule has 2 nitrogen and oxygen atoms in total. The van der Waals surface area contributed by atoms with Crippen LogP contribution in [-0.2, 0) is 6.54 Å². The number of rotatable bonds is 6. The van der Waals surface area contributed by atoms with Gasteiger partial charge in [-0.25, -0.2) is 17.6 Å². The summed E-state index contributed by atoms with van der Waals surface area (Å²) in [6, 6.07) is 3.35. The molecule has 0 aromatic heterocycles. The average molecular weight is 250 g/mol. The molecule has 0 atom stereocenters. The number of nitrogens with two attached hydrogens (primary N) is 1. The van der Waals surface area contributed by atoms with Gasteiger partial charge in [-0.3, -0.25) is 4.90 Å². The molecule has 0 unspecified atom stereocenters. The number of alkyl halides is 2. The minimum absolute atomic E-state index is 0.124. The standard InChI is InChI=1S/C11H14F4N2/c12-9-2-1-8(5-10(9)13)6-17(4-3-16)7-11(14)15/h1-2,5,11H,3-4,6-7,16H2. The van der Waals surface area contributed by atoms with Crippen molar-refractivity contribution in [2.75, 3.05) is 19.6 Å². The largest absolute Gasteiger partial charge is 0.329 e. The minimum Gasteiger partial charge on any atom is -0.329 e. The van der Waals surface area contributed by atoms with Crippen LogP contribution in [0.1, 0.15) is 5.56 Å². The van der Waals surface area contributed by atoms with E-state index in [0.29, 0.717) is 5.56 Å². The van der Waals surface area contributed by atoms with Gasteiger partial charge in [-0.1, -0.05) is 6.07 Å². The van der Waals surface area contributed by atoms with Crippen LogP contribution in [-0.4, -0.2) is 31.0 Å². The Morgan fingerprint density at radius 3 is 2.41 bits per heavy atom. The first kappa shape index (κ1) is 13.9. The first-order valence-corrected chi connectivity index (χ1v) is 5.17. The average Bonchev–Trinajstić information content (AvgIpc) is 2.23. The second kappa shape index (κ2) is 6.56. The quantitative estimate of drug-likeness (QED) is 0.782. The highest BCUT2D eigenvalue weighted by Gasteiger charge is 2.12. The second-order valence-electron chi connectivity index (χ2n) is 3.66. The fourth-order valence-corrected chi connectivity index (χ4v) is 1.51. The van der Waals surface area contributed by atoms with Gasteiger partial charge in [0.1, 0.15) is 0 Å². The molecule has 0 aliphatic rings. The maximum absolute atomic E-state index is 12.9. The zero-order chi connectivity index (χ0) is 12.8. The lowest BCUT2D eigenvalue weighted by Gasteiger charge is -2.21. The van der Waals surface area contributed by atoms with Gasteiger partial charge in [0.2, 0.25) is 0 Å². The van der Waals surface area contributed by atoms with E-state index < -0.39 is 24.6 Å². The molecule has 0 radical (unpaired) electrons. The highest BCUT2D eigenvalue weighted by Crippen LogP contribution is 2.11. The Labute approximate surface area is 97.0 Å². The van der Waals surface area contributed by atoms with Gasteiger partial charge in [0.05, 0.1) is 6.54 Å². The van der Waals surface area contributed by atoms with E-state index in [9.17, 15) is 17.6 Å². The van der Waals surface area contributed by atoms with Crippen molar-refractivity contribution in [3.8, 4) is 0 Å². The van der Waals surface area contributed by atoms with Crippen molar-refractivity contribution < 1.29 is 17.6 Å². The SMILES string of the molecule is NCCN(Cc1ccc(F)c(F)c1)CC(F)F. The monoisotopic (exact) mass is 250 g/mol. The third-order valence-electron chi connectivity index (χ3n) is 2.23. The van der Waals surface area contributed by atoms with E-state index in [2.05, 4.69) is 0 Å². The lowest BCUT2D eigenvalue weighted by atomic mass is 10.2. The van der Waals surface area contributed by atoms with Gasteiger partial charge in [-0.15, -0.1) is 0 Å². The summed E-state index contributed by atoms with van der Waals surface area (Å²) in [5, 5.41) is 0. The van der Waals surface area contributed by atoms with Crippen LogP contribution < -0.4 is 5.73 Å².